The summed E-state index contributed by atoms with van der Waals surface area (Å²) in [6.45, 7) is 3.07. The summed E-state index contributed by atoms with van der Waals surface area (Å²) in [6, 6.07) is 18.0. The summed E-state index contributed by atoms with van der Waals surface area (Å²) in [5, 5.41) is 4.25. The van der Waals surface area contributed by atoms with Crippen molar-refractivity contribution in [3.63, 3.8) is 0 Å². The fourth-order valence-electron chi connectivity index (χ4n) is 2.77. The predicted octanol–water partition coefficient (Wildman–Crippen LogP) is 6.65. The molecule has 140 valence electrons. The van der Waals surface area contributed by atoms with Crippen molar-refractivity contribution in [2.24, 2.45) is 5.10 Å². The molecule has 0 aliphatic rings. The molecule has 3 heteroatoms. The number of hydrogen-bond donors (Lipinski definition) is 1. The third-order valence-electron chi connectivity index (χ3n) is 4.33. The first-order chi connectivity index (χ1) is 12.9. The Hall–Kier alpha value is -2.29. The highest BCUT2D eigenvalue weighted by Gasteiger charge is 1.96. The number of unbranched alkanes of at least 4 members (excludes halogenated alkanes) is 7. The van der Waals surface area contributed by atoms with E-state index < -0.39 is 0 Å². The van der Waals surface area contributed by atoms with Crippen molar-refractivity contribution in [3.8, 4) is 5.75 Å². The topological polar surface area (TPSA) is 33.6 Å². The Kier molecular flexibility index (Phi) is 10.0. The molecule has 1 N–H and O–H groups in total. The van der Waals surface area contributed by atoms with E-state index in [1.54, 1.807) is 0 Å². The summed E-state index contributed by atoms with van der Waals surface area (Å²) in [5.41, 5.74) is 5.05. The van der Waals surface area contributed by atoms with Gasteiger partial charge in [-0.25, -0.2) is 0 Å². The molecule has 0 heterocycles. The van der Waals surface area contributed by atoms with Crippen molar-refractivity contribution < 1.29 is 4.74 Å². The summed E-state index contributed by atoms with van der Waals surface area (Å²) in [4.78, 5) is 0. The number of ether oxygens (including phenoxy) is 1. The third-order valence-corrected chi connectivity index (χ3v) is 4.33. The number of hydrogen-bond acceptors (Lipinski definition) is 3. The lowest BCUT2D eigenvalue weighted by molar-refractivity contribution is 0.304. The summed E-state index contributed by atoms with van der Waals surface area (Å²) in [6.07, 6.45) is 12.4. The molecule has 0 saturated heterocycles. The molecule has 26 heavy (non-hydrogen) atoms. The lowest BCUT2D eigenvalue weighted by Crippen LogP contribution is -1.97. The minimum Gasteiger partial charge on any atom is -0.494 e. The molecule has 0 aromatic heterocycles. The second kappa shape index (κ2) is 13.0. The molecule has 2 aromatic carbocycles. The van der Waals surface area contributed by atoms with Gasteiger partial charge in [0.1, 0.15) is 5.75 Å². The van der Waals surface area contributed by atoms with Crippen LogP contribution in [0.25, 0.3) is 0 Å². The van der Waals surface area contributed by atoms with E-state index in [4.69, 9.17) is 4.74 Å². The van der Waals surface area contributed by atoms with E-state index in [1.807, 2.05) is 60.8 Å². The zero-order valence-electron chi connectivity index (χ0n) is 16.0. The molecule has 0 radical (unpaired) electrons. The predicted molar refractivity (Wildman–Crippen MR) is 112 cm³/mol. The number of anilines is 1. The number of hydrazone groups is 1. The van der Waals surface area contributed by atoms with Gasteiger partial charge in [0, 0.05) is 0 Å². The third kappa shape index (κ3) is 8.70. The van der Waals surface area contributed by atoms with Crippen LogP contribution in [0, 0.1) is 0 Å². The van der Waals surface area contributed by atoms with Gasteiger partial charge in [-0.3, -0.25) is 5.43 Å². The molecular formula is C23H32N2O. The van der Waals surface area contributed by atoms with E-state index in [2.05, 4.69) is 17.5 Å². The van der Waals surface area contributed by atoms with Crippen LogP contribution >= 0.6 is 0 Å². The molecule has 0 spiro atoms. The molecule has 3 nitrogen and oxygen atoms in total. The fourth-order valence-corrected chi connectivity index (χ4v) is 2.77. The lowest BCUT2D eigenvalue weighted by Gasteiger charge is -2.06. The molecule has 0 bridgehead atoms. The monoisotopic (exact) mass is 352 g/mol. The number of benzene rings is 2. The standard InChI is InChI=1S/C23H32N2O/c1-2-3-4-5-6-7-8-12-19-26-23-17-15-21(16-18-23)20-24-25-22-13-10-9-11-14-22/h9-11,13-18,20,25H,2-8,12,19H2,1H3. The molecule has 0 aliphatic heterocycles. The van der Waals surface area contributed by atoms with E-state index in [0.717, 1.165) is 30.0 Å². The molecule has 0 fully saturated rings. The Morgan fingerprint density at radius 2 is 1.46 bits per heavy atom. The molecule has 0 amide bonds. The van der Waals surface area contributed by atoms with Crippen LogP contribution in [0.4, 0.5) is 5.69 Å². The van der Waals surface area contributed by atoms with Crippen LogP contribution in [0.15, 0.2) is 59.7 Å². The zero-order chi connectivity index (χ0) is 18.3. The maximum Gasteiger partial charge on any atom is 0.119 e. The van der Waals surface area contributed by atoms with Gasteiger partial charge >= 0.3 is 0 Å². The molecule has 2 rings (SSSR count). The van der Waals surface area contributed by atoms with Crippen LogP contribution in [0.1, 0.15) is 63.9 Å². The van der Waals surface area contributed by atoms with E-state index in [1.165, 1.54) is 44.9 Å². The first kappa shape index (κ1) is 20.0. The Morgan fingerprint density at radius 3 is 2.15 bits per heavy atom. The average Bonchev–Trinajstić information content (AvgIpc) is 2.69. The van der Waals surface area contributed by atoms with Crippen molar-refractivity contribution in [2.45, 2.75) is 58.3 Å². The molecule has 0 unspecified atom stereocenters. The smallest absolute Gasteiger partial charge is 0.119 e. The highest BCUT2D eigenvalue weighted by Crippen LogP contribution is 2.13. The number of nitrogens with zero attached hydrogens (tertiary/aromatic N) is 1. The Balaban J connectivity index is 1.57. The minimum atomic E-state index is 0.804. The Bertz CT molecular complexity index is 608. The van der Waals surface area contributed by atoms with Gasteiger partial charge in [0.2, 0.25) is 0 Å². The Morgan fingerprint density at radius 1 is 0.808 bits per heavy atom. The highest BCUT2D eigenvalue weighted by atomic mass is 16.5. The maximum atomic E-state index is 5.82. The number of nitrogens with one attached hydrogen (secondary N) is 1. The van der Waals surface area contributed by atoms with Crippen LogP contribution in [0.5, 0.6) is 5.75 Å². The number of para-hydroxylation sites is 1. The second-order valence-corrected chi connectivity index (χ2v) is 6.63. The summed E-state index contributed by atoms with van der Waals surface area (Å²) >= 11 is 0. The van der Waals surface area contributed by atoms with Gasteiger partial charge in [-0.15, -0.1) is 0 Å². The van der Waals surface area contributed by atoms with E-state index in [0.29, 0.717) is 0 Å². The van der Waals surface area contributed by atoms with Crippen molar-refractivity contribution in [1.82, 2.24) is 0 Å². The summed E-state index contributed by atoms with van der Waals surface area (Å²) < 4.78 is 5.82. The molecule has 2 aromatic rings. The lowest BCUT2D eigenvalue weighted by atomic mass is 10.1. The SMILES string of the molecule is CCCCCCCCCCOc1ccc(C=NNc2ccccc2)cc1. The average molecular weight is 353 g/mol. The first-order valence-corrected chi connectivity index (χ1v) is 9.95. The van der Waals surface area contributed by atoms with E-state index in [-0.39, 0.29) is 0 Å². The van der Waals surface area contributed by atoms with Crippen LogP contribution in [0.2, 0.25) is 0 Å². The van der Waals surface area contributed by atoms with Crippen LogP contribution < -0.4 is 10.2 Å². The van der Waals surface area contributed by atoms with Gasteiger partial charge in [0.25, 0.3) is 0 Å². The number of rotatable bonds is 13. The zero-order valence-corrected chi connectivity index (χ0v) is 16.0. The van der Waals surface area contributed by atoms with E-state index >= 15 is 0 Å². The van der Waals surface area contributed by atoms with Crippen LogP contribution in [-0.4, -0.2) is 12.8 Å². The summed E-state index contributed by atoms with van der Waals surface area (Å²) in [5.74, 6) is 0.932. The molecule has 0 aliphatic carbocycles. The van der Waals surface area contributed by atoms with Gasteiger partial charge in [0.15, 0.2) is 0 Å². The van der Waals surface area contributed by atoms with Gasteiger partial charge in [-0.05, 0) is 48.4 Å². The van der Waals surface area contributed by atoms with Gasteiger partial charge in [0.05, 0.1) is 18.5 Å². The van der Waals surface area contributed by atoms with Crippen LogP contribution in [-0.2, 0) is 0 Å². The molecule has 0 atom stereocenters. The molecule has 0 saturated carbocycles. The second-order valence-electron chi connectivity index (χ2n) is 6.63. The van der Waals surface area contributed by atoms with Crippen molar-refractivity contribution in [2.75, 3.05) is 12.0 Å². The van der Waals surface area contributed by atoms with Crippen LogP contribution in [0.3, 0.4) is 0 Å². The van der Waals surface area contributed by atoms with Crippen molar-refractivity contribution in [1.29, 1.82) is 0 Å². The largest absolute Gasteiger partial charge is 0.494 e. The van der Waals surface area contributed by atoms with Crippen molar-refractivity contribution >= 4 is 11.9 Å². The first-order valence-electron chi connectivity index (χ1n) is 9.95. The minimum absolute atomic E-state index is 0.804. The fraction of sp³-hybridized carbons (Fsp3) is 0.435. The Labute approximate surface area is 158 Å². The van der Waals surface area contributed by atoms with Crippen molar-refractivity contribution in [3.05, 3.63) is 60.2 Å². The normalized spacial score (nSPS) is 11.0. The maximum absolute atomic E-state index is 5.82. The van der Waals surface area contributed by atoms with Gasteiger partial charge in [-0.2, -0.15) is 5.10 Å². The van der Waals surface area contributed by atoms with E-state index in [9.17, 15) is 0 Å². The summed E-state index contributed by atoms with van der Waals surface area (Å²) in [7, 11) is 0. The quantitative estimate of drug-likeness (QED) is 0.249. The van der Waals surface area contributed by atoms with Gasteiger partial charge in [-0.1, -0.05) is 70.1 Å². The molecular weight excluding hydrogens is 320 g/mol. The highest BCUT2D eigenvalue weighted by molar-refractivity contribution is 5.80. The van der Waals surface area contributed by atoms with Gasteiger partial charge < -0.3 is 4.74 Å².